The Morgan fingerprint density at radius 3 is 2.11 bits per heavy atom. The van der Waals surface area contributed by atoms with Crippen molar-refractivity contribution in [3.63, 3.8) is 0 Å². The lowest BCUT2D eigenvalue weighted by Gasteiger charge is -2.15. The summed E-state index contributed by atoms with van der Waals surface area (Å²) >= 11 is 0. The van der Waals surface area contributed by atoms with E-state index in [0.29, 0.717) is 25.4 Å². The molecule has 150 valence electrons. The molecule has 0 spiro atoms. The molecule has 0 atom stereocenters. The molecular formula is C24H30O4. The summed E-state index contributed by atoms with van der Waals surface area (Å²) in [6.45, 7) is 9.74. The van der Waals surface area contributed by atoms with Crippen LogP contribution in [-0.4, -0.2) is 25.6 Å². The van der Waals surface area contributed by atoms with E-state index in [2.05, 4.69) is 6.92 Å². The second-order valence-electron chi connectivity index (χ2n) is 6.26. The van der Waals surface area contributed by atoms with Gasteiger partial charge in [-0.05, 0) is 69.2 Å². The van der Waals surface area contributed by atoms with Gasteiger partial charge in [0.25, 0.3) is 0 Å². The molecule has 2 aromatic carbocycles. The van der Waals surface area contributed by atoms with Crippen LogP contribution in [0.3, 0.4) is 0 Å². The summed E-state index contributed by atoms with van der Waals surface area (Å²) in [6.07, 6.45) is 5.32. The summed E-state index contributed by atoms with van der Waals surface area (Å²) in [6, 6.07) is 11.1. The average molecular weight is 383 g/mol. The Kier molecular flexibility index (Phi) is 8.60. The summed E-state index contributed by atoms with van der Waals surface area (Å²) in [4.78, 5) is 12.6. The molecule has 4 heteroatoms. The lowest BCUT2D eigenvalue weighted by Crippen LogP contribution is -2.02. The van der Waals surface area contributed by atoms with E-state index in [9.17, 15) is 4.79 Å². The molecule has 0 radical (unpaired) electrons. The molecule has 0 fully saturated rings. The quantitative estimate of drug-likeness (QED) is 0.368. The van der Waals surface area contributed by atoms with Gasteiger partial charge < -0.3 is 14.2 Å². The Morgan fingerprint density at radius 1 is 0.857 bits per heavy atom. The predicted molar refractivity (Wildman–Crippen MR) is 114 cm³/mol. The molecule has 0 aliphatic heterocycles. The van der Waals surface area contributed by atoms with Crippen LogP contribution in [0.1, 0.15) is 55.6 Å². The number of ether oxygens (including phenoxy) is 3. The number of hydrogen-bond donors (Lipinski definition) is 0. The van der Waals surface area contributed by atoms with Crippen LogP contribution in [0.25, 0.3) is 6.08 Å². The van der Waals surface area contributed by atoms with Crippen LogP contribution >= 0.6 is 0 Å². The van der Waals surface area contributed by atoms with Gasteiger partial charge in [-0.1, -0.05) is 19.4 Å². The van der Waals surface area contributed by atoms with Gasteiger partial charge >= 0.3 is 0 Å². The van der Waals surface area contributed by atoms with Crippen LogP contribution < -0.4 is 14.2 Å². The lowest BCUT2D eigenvalue weighted by molar-refractivity contribution is 0.104. The number of rotatable bonds is 11. The average Bonchev–Trinajstić information content (AvgIpc) is 2.69. The summed E-state index contributed by atoms with van der Waals surface area (Å²) in [5.41, 5.74) is 2.68. The molecule has 4 nitrogen and oxygen atoms in total. The Labute approximate surface area is 168 Å². The SMILES string of the molecule is CCCc1c(/C=C/C(=O)c2ccc(OCC)cc2)cc(OCC)cc1OCC. The Bertz CT molecular complexity index is 791. The summed E-state index contributed by atoms with van der Waals surface area (Å²) in [7, 11) is 0. The number of allylic oxidation sites excluding steroid dienone is 1. The highest BCUT2D eigenvalue weighted by molar-refractivity contribution is 6.07. The van der Waals surface area contributed by atoms with Crippen molar-refractivity contribution in [2.45, 2.75) is 40.5 Å². The third-order valence-electron chi connectivity index (χ3n) is 4.19. The molecular weight excluding hydrogens is 352 g/mol. The van der Waals surface area contributed by atoms with E-state index in [-0.39, 0.29) is 5.78 Å². The Balaban J connectivity index is 2.31. The first-order chi connectivity index (χ1) is 13.6. The van der Waals surface area contributed by atoms with E-state index in [0.717, 1.165) is 41.2 Å². The zero-order valence-electron chi connectivity index (χ0n) is 17.3. The zero-order valence-corrected chi connectivity index (χ0v) is 17.3. The molecule has 0 amide bonds. The van der Waals surface area contributed by atoms with Crippen LogP contribution in [0, 0.1) is 0 Å². The summed E-state index contributed by atoms with van der Waals surface area (Å²) in [5, 5.41) is 0. The van der Waals surface area contributed by atoms with Crippen molar-refractivity contribution in [3.05, 3.63) is 59.2 Å². The fraction of sp³-hybridized carbons (Fsp3) is 0.375. The van der Waals surface area contributed by atoms with Crippen LogP contribution in [0.4, 0.5) is 0 Å². The van der Waals surface area contributed by atoms with E-state index in [4.69, 9.17) is 14.2 Å². The smallest absolute Gasteiger partial charge is 0.185 e. The molecule has 0 N–H and O–H groups in total. The van der Waals surface area contributed by atoms with Gasteiger partial charge in [0.1, 0.15) is 17.2 Å². The zero-order chi connectivity index (χ0) is 20.4. The molecule has 0 saturated heterocycles. The number of benzene rings is 2. The molecule has 2 rings (SSSR count). The maximum absolute atomic E-state index is 12.6. The first-order valence-electron chi connectivity index (χ1n) is 10.0. The number of ketones is 1. The lowest BCUT2D eigenvalue weighted by atomic mass is 10.00. The fourth-order valence-electron chi connectivity index (χ4n) is 2.98. The molecule has 28 heavy (non-hydrogen) atoms. The molecule has 0 aliphatic rings. The fourth-order valence-corrected chi connectivity index (χ4v) is 2.98. The van der Waals surface area contributed by atoms with E-state index in [1.165, 1.54) is 0 Å². The first kappa shape index (κ1) is 21.5. The largest absolute Gasteiger partial charge is 0.494 e. The van der Waals surface area contributed by atoms with Crippen LogP contribution in [0.15, 0.2) is 42.5 Å². The molecule has 0 aliphatic carbocycles. The third kappa shape index (κ3) is 5.88. The normalized spacial score (nSPS) is 10.9. The minimum absolute atomic E-state index is 0.0507. The standard InChI is InChI=1S/C24H30O4/c1-5-9-22-19(16-21(27-7-3)17-24(22)28-8-4)12-15-23(25)18-10-13-20(14-11-18)26-6-2/h10-17H,5-9H2,1-4H3/b15-12+. The van der Waals surface area contributed by atoms with Crippen LogP contribution in [-0.2, 0) is 6.42 Å². The summed E-state index contributed by atoms with van der Waals surface area (Å²) in [5.74, 6) is 2.28. The maximum atomic E-state index is 12.6. The summed E-state index contributed by atoms with van der Waals surface area (Å²) < 4.78 is 16.9. The van der Waals surface area contributed by atoms with Crippen molar-refractivity contribution in [1.29, 1.82) is 0 Å². The van der Waals surface area contributed by atoms with Gasteiger partial charge in [-0.15, -0.1) is 0 Å². The highest BCUT2D eigenvalue weighted by atomic mass is 16.5. The topological polar surface area (TPSA) is 44.8 Å². The van der Waals surface area contributed by atoms with Crippen LogP contribution in [0.2, 0.25) is 0 Å². The van der Waals surface area contributed by atoms with Gasteiger partial charge in [0.15, 0.2) is 5.78 Å². The van der Waals surface area contributed by atoms with Crippen molar-refractivity contribution < 1.29 is 19.0 Å². The van der Waals surface area contributed by atoms with E-state index in [1.54, 1.807) is 18.2 Å². The van der Waals surface area contributed by atoms with E-state index in [1.807, 2.05) is 51.1 Å². The minimum Gasteiger partial charge on any atom is -0.494 e. The highest BCUT2D eigenvalue weighted by Crippen LogP contribution is 2.31. The molecule has 2 aromatic rings. The van der Waals surface area contributed by atoms with Gasteiger partial charge in [0, 0.05) is 17.2 Å². The number of carbonyl (C=O) groups is 1. The van der Waals surface area contributed by atoms with Gasteiger partial charge in [-0.3, -0.25) is 4.79 Å². The van der Waals surface area contributed by atoms with Gasteiger partial charge in [0.2, 0.25) is 0 Å². The van der Waals surface area contributed by atoms with Crippen molar-refractivity contribution in [2.75, 3.05) is 19.8 Å². The molecule has 0 unspecified atom stereocenters. The van der Waals surface area contributed by atoms with Gasteiger partial charge in [0.05, 0.1) is 19.8 Å². The third-order valence-corrected chi connectivity index (χ3v) is 4.19. The van der Waals surface area contributed by atoms with Gasteiger partial charge in [-0.2, -0.15) is 0 Å². The van der Waals surface area contributed by atoms with Crippen molar-refractivity contribution in [1.82, 2.24) is 0 Å². The number of hydrogen-bond acceptors (Lipinski definition) is 4. The van der Waals surface area contributed by atoms with Crippen molar-refractivity contribution in [3.8, 4) is 17.2 Å². The van der Waals surface area contributed by atoms with Gasteiger partial charge in [-0.25, -0.2) is 0 Å². The maximum Gasteiger partial charge on any atom is 0.185 e. The molecule has 0 aromatic heterocycles. The second kappa shape index (κ2) is 11.2. The van der Waals surface area contributed by atoms with Crippen molar-refractivity contribution in [2.24, 2.45) is 0 Å². The first-order valence-corrected chi connectivity index (χ1v) is 10.0. The van der Waals surface area contributed by atoms with E-state index < -0.39 is 0 Å². The molecule has 0 saturated carbocycles. The second-order valence-corrected chi connectivity index (χ2v) is 6.26. The molecule has 0 bridgehead atoms. The van der Waals surface area contributed by atoms with E-state index >= 15 is 0 Å². The minimum atomic E-state index is -0.0507. The Morgan fingerprint density at radius 2 is 1.50 bits per heavy atom. The number of carbonyl (C=O) groups excluding carboxylic acids is 1. The predicted octanol–water partition coefficient (Wildman–Crippen LogP) is 5.73. The monoisotopic (exact) mass is 382 g/mol. The van der Waals surface area contributed by atoms with Crippen molar-refractivity contribution >= 4 is 11.9 Å². The molecule has 0 heterocycles. The highest BCUT2D eigenvalue weighted by Gasteiger charge is 2.12. The van der Waals surface area contributed by atoms with Crippen LogP contribution in [0.5, 0.6) is 17.2 Å². The Hall–Kier alpha value is -2.75.